The molecule has 1 aliphatic heterocycles. The summed E-state index contributed by atoms with van der Waals surface area (Å²) in [6.07, 6.45) is 1.69. The molecule has 0 bridgehead atoms. The van der Waals surface area contributed by atoms with E-state index >= 15 is 0 Å². The Labute approximate surface area is 110 Å². The quantitative estimate of drug-likeness (QED) is 0.284. The first-order chi connectivity index (χ1) is 9.01. The average molecular weight is 270 g/mol. The third-order valence-electron chi connectivity index (χ3n) is 2.68. The van der Waals surface area contributed by atoms with Crippen LogP contribution in [0.3, 0.4) is 0 Å². The molecule has 1 amide bonds. The van der Waals surface area contributed by atoms with Crippen LogP contribution < -0.4 is 11.1 Å². The normalized spacial score (nSPS) is 31.6. The number of nitrogens with one attached hydrogen (secondary N) is 1. The maximum atomic E-state index is 10.9. The van der Waals surface area contributed by atoms with E-state index in [9.17, 15) is 15.0 Å². The maximum Gasteiger partial charge on any atom is 0.248 e. The van der Waals surface area contributed by atoms with Crippen molar-refractivity contribution >= 4 is 5.91 Å². The van der Waals surface area contributed by atoms with Crippen LogP contribution in [0, 0.1) is 0 Å². The highest BCUT2D eigenvalue weighted by Crippen LogP contribution is 2.19. The lowest BCUT2D eigenvalue weighted by Gasteiger charge is -2.14. The van der Waals surface area contributed by atoms with Crippen molar-refractivity contribution in [3.63, 3.8) is 0 Å². The van der Waals surface area contributed by atoms with Crippen LogP contribution in [0.1, 0.15) is 0 Å². The Balaban J connectivity index is 2.53. The van der Waals surface area contributed by atoms with E-state index in [1.807, 2.05) is 0 Å². The number of allylic oxidation sites excluding steroid dienone is 2. The summed E-state index contributed by atoms with van der Waals surface area (Å²) in [4.78, 5) is 10.9. The Kier molecular flexibility index (Phi) is 5.71. The molecule has 1 aliphatic rings. The minimum atomic E-state index is -1.15. The molecule has 0 radical (unpaired) electrons. The fourth-order valence-corrected chi connectivity index (χ4v) is 1.59. The predicted octanol–water partition coefficient (Wildman–Crippen LogP) is -1.87. The largest absolute Gasteiger partial charge is 0.394 e. The summed E-state index contributed by atoms with van der Waals surface area (Å²) in [6.45, 7) is 3.05. The molecule has 0 aromatic heterocycles. The zero-order valence-corrected chi connectivity index (χ0v) is 10.3. The number of hydrogen-bond acceptors (Lipinski definition) is 6. The SMILES string of the molecule is C=C/C(=C\C=C/NC1OC(CO)C(O)C1O)C(N)=O. The lowest BCUT2D eigenvalue weighted by molar-refractivity contribution is -0.114. The third-order valence-corrected chi connectivity index (χ3v) is 2.68. The van der Waals surface area contributed by atoms with Gasteiger partial charge < -0.3 is 31.1 Å². The van der Waals surface area contributed by atoms with Crippen molar-refractivity contribution in [3.05, 3.63) is 36.6 Å². The van der Waals surface area contributed by atoms with Crippen molar-refractivity contribution in [1.29, 1.82) is 0 Å². The summed E-state index contributed by atoms with van der Waals surface area (Å²) in [5.74, 6) is -0.604. The molecule has 0 saturated carbocycles. The second kappa shape index (κ2) is 7.05. The summed E-state index contributed by atoms with van der Waals surface area (Å²) >= 11 is 0. The van der Waals surface area contributed by atoms with Crippen LogP contribution >= 0.6 is 0 Å². The number of aliphatic hydroxyl groups is 3. The highest BCUT2D eigenvalue weighted by Gasteiger charge is 2.41. The molecule has 0 aromatic rings. The van der Waals surface area contributed by atoms with E-state index in [4.69, 9.17) is 15.6 Å². The van der Waals surface area contributed by atoms with E-state index in [-0.39, 0.29) is 12.2 Å². The Bertz CT molecular complexity index is 394. The van der Waals surface area contributed by atoms with Gasteiger partial charge in [0, 0.05) is 5.57 Å². The van der Waals surface area contributed by atoms with Crippen LogP contribution in [0.2, 0.25) is 0 Å². The van der Waals surface area contributed by atoms with Crippen LogP contribution in [-0.2, 0) is 9.53 Å². The van der Waals surface area contributed by atoms with Gasteiger partial charge in [-0.15, -0.1) is 0 Å². The monoisotopic (exact) mass is 270 g/mol. The predicted molar refractivity (Wildman–Crippen MR) is 67.5 cm³/mol. The van der Waals surface area contributed by atoms with E-state index in [0.29, 0.717) is 0 Å². The number of carbonyl (C=O) groups is 1. The van der Waals surface area contributed by atoms with Crippen molar-refractivity contribution in [2.45, 2.75) is 24.5 Å². The van der Waals surface area contributed by atoms with Gasteiger partial charge >= 0.3 is 0 Å². The average Bonchev–Trinajstić information content (AvgIpc) is 2.66. The van der Waals surface area contributed by atoms with Gasteiger partial charge in [-0.1, -0.05) is 12.7 Å². The molecule has 0 spiro atoms. The van der Waals surface area contributed by atoms with Gasteiger partial charge in [0.15, 0.2) is 6.23 Å². The molecule has 7 heteroatoms. The Morgan fingerprint density at radius 1 is 1.42 bits per heavy atom. The molecular weight excluding hydrogens is 252 g/mol. The van der Waals surface area contributed by atoms with Gasteiger partial charge in [0.1, 0.15) is 18.3 Å². The highest BCUT2D eigenvalue weighted by molar-refractivity contribution is 5.94. The molecule has 1 rings (SSSR count). The van der Waals surface area contributed by atoms with Gasteiger partial charge in [-0.25, -0.2) is 0 Å². The van der Waals surface area contributed by atoms with Crippen LogP contribution in [0.15, 0.2) is 36.6 Å². The second-order valence-corrected chi connectivity index (χ2v) is 3.98. The van der Waals surface area contributed by atoms with Gasteiger partial charge in [-0.2, -0.15) is 0 Å². The molecule has 6 N–H and O–H groups in total. The summed E-state index contributed by atoms with van der Waals surface area (Å²) < 4.78 is 5.17. The molecule has 1 fully saturated rings. The number of rotatable bonds is 6. The van der Waals surface area contributed by atoms with Gasteiger partial charge in [-0.3, -0.25) is 4.79 Å². The summed E-state index contributed by atoms with van der Waals surface area (Å²) in [5.41, 5.74) is 5.31. The number of nitrogens with two attached hydrogens (primary N) is 1. The number of carbonyl (C=O) groups excluding carboxylic acids is 1. The molecule has 1 heterocycles. The third kappa shape index (κ3) is 3.90. The van der Waals surface area contributed by atoms with Gasteiger partial charge in [0.05, 0.1) is 6.61 Å². The van der Waals surface area contributed by atoms with Gasteiger partial charge in [-0.05, 0) is 18.4 Å². The number of hydrogen-bond donors (Lipinski definition) is 5. The van der Waals surface area contributed by atoms with E-state index in [0.717, 1.165) is 0 Å². The van der Waals surface area contributed by atoms with Crippen molar-refractivity contribution in [3.8, 4) is 0 Å². The lowest BCUT2D eigenvalue weighted by Crippen LogP contribution is -2.38. The molecule has 0 aliphatic carbocycles. The fraction of sp³-hybridized carbons (Fsp3) is 0.417. The summed E-state index contributed by atoms with van der Waals surface area (Å²) in [7, 11) is 0. The minimum Gasteiger partial charge on any atom is -0.394 e. The fourth-order valence-electron chi connectivity index (χ4n) is 1.59. The Morgan fingerprint density at radius 3 is 2.58 bits per heavy atom. The smallest absolute Gasteiger partial charge is 0.248 e. The van der Waals surface area contributed by atoms with Crippen molar-refractivity contribution in [1.82, 2.24) is 5.32 Å². The Morgan fingerprint density at radius 2 is 2.11 bits per heavy atom. The number of aliphatic hydroxyl groups excluding tert-OH is 3. The number of primary amides is 1. The van der Waals surface area contributed by atoms with Crippen LogP contribution in [0.5, 0.6) is 0 Å². The van der Waals surface area contributed by atoms with Crippen molar-refractivity contribution in [2.75, 3.05) is 6.61 Å². The van der Waals surface area contributed by atoms with E-state index in [2.05, 4.69) is 11.9 Å². The topological polar surface area (TPSA) is 125 Å². The molecule has 7 nitrogen and oxygen atoms in total. The first kappa shape index (κ1) is 15.4. The van der Waals surface area contributed by atoms with Crippen molar-refractivity contribution < 1.29 is 24.9 Å². The number of ether oxygens (including phenoxy) is 1. The summed E-state index contributed by atoms with van der Waals surface area (Å²) in [6, 6.07) is 0. The lowest BCUT2D eigenvalue weighted by atomic mass is 10.1. The van der Waals surface area contributed by atoms with Crippen molar-refractivity contribution in [2.24, 2.45) is 5.73 Å². The zero-order valence-electron chi connectivity index (χ0n) is 10.3. The van der Waals surface area contributed by atoms with Crippen LogP contribution in [0.25, 0.3) is 0 Å². The molecule has 106 valence electrons. The zero-order chi connectivity index (χ0) is 14.4. The van der Waals surface area contributed by atoms with Crippen LogP contribution in [-0.4, -0.2) is 52.4 Å². The minimum absolute atomic E-state index is 0.235. The van der Waals surface area contributed by atoms with Crippen LogP contribution in [0.4, 0.5) is 0 Å². The molecule has 4 unspecified atom stereocenters. The first-order valence-electron chi connectivity index (χ1n) is 5.68. The second-order valence-electron chi connectivity index (χ2n) is 3.98. The van der Waals surface area contributed by atoms with Gasteiger partial charge in [0.25, 0.3) is 0 Å². The molecule has 1 saturated heterocycles. The van der Waals surface area contributed by atoms with E-state index in [1.54, 1.807) is 0 Å². The highest BCUT2D eigenvalue weighted by atomic mass is 16.6. The summed E-state index contributed by atoms with van der Waals surface area (Å²) in [5, 5.41) is 30.7. The molecule has 19 heavy (non-hydrogen) atoms. The molecule has 0 aromatic carbocycles. The standard InChI is InChI=1S/C12H18N2O5/c1-2-7(11(13)18)4-3-5-14-12-10(17)9(16)8(6-15)19-12/h2-5,8-10,12,14-17H,1,6H2,(H2,13,18)/b5-3-,7-4+. The molecular formula is C12H18N2O5. The first-order valence-corrected chi connectivity index (χ1v) is 5.68. The van der Waals surface area contributed by atoms with E-state index < -0.39 is 30.4 Å². The van der Waals surface area contributed by atoms with E-state index in [1.165, 1.54) is 24.4 Å². The number of amides is 1. The van der Waals surface area contributed by atoms with Gasteiger partial charge in [0.2, 0.25) is 5.91 Å². The maximum absolute atomic E-state index is 10.9. The molecule has 4 atom stereocenters. The Hall–Kier alpha value is -1.67.